The van der Waals surface area contributed by atoms with Crippen molar-refractivity contribution in [3.05, 3.63) is 29.8 Å². The largest absolute Gasteiger partial charge is 0.481 e. The Balaban J connectivity index is 1.94. The van der Waals surface area contributed by atoms with Gasteiger partial charge in [0.15, 0.2) is 5.13 Å². The molecule has 0 aliphatic carbocycles. The third kappa shape index (κ3) is 2.48. The number of ether oxygens (including phenoxy) is 1. The fraction of sp³-hybridized carbons (Fsp3) is 0.154. The Morgan fingerprint density at radius 3 is 2.85 bits per heavy atom. The molecule has 3 rings (SSSR count). The van der Waals surface area contributed by atoms with Crippen LogP contribution in [0.2, 0.25) is 0 Å². The first-order valence-electron chi connectivity index (χ1n) is 5.97. The van der Waals surface area contributed by atoms with Crippen molar-refractivity contribution in [1.82, 2.24) is 15.0 Å². The molecule has 2 aromatic heterocycles. The molecule has 0 saturated heterocycles. The normalized spacial score (nSPS) is 10.7. The molecular weight excluding hydrogens is 274 g/mol. The van der Waals surface area contributed by atoms with Crippen molar-refractivity contribution in [2.24, 2.45) is 0 Å². The average Bonchev–Trinajstić information content (AvgIpc) is 2.79. The van der Waals surface area contributed by atoms with E-state index >= 15 is 0 Å². The Bertz CT molecular complexity index is 771. The first kappa shape index (κ1) is 12.6. The number of methoxy groups -OCH3 is 1. The predicted octanol–water partition coefficient (Wildman–Crippen LogP) is 2.73. The summed E-state index contributed by atoms with van der Waals surface area (Å²) in [6.07, 6.45) is 0. The van der Waals surface area contributed by atoms with Crippen molar-refractivity contribution in [1.29, 1.82) is 0 Å². The molecule has 0 aliphatic heterocycles. The highest BCUT2D eigenvalue weighted by atomic mass is 32.1. The lowest BCUT2D eigenvalue weighted by Gasteiger charge is -2.04. The minimum Gasteiger partial charge on any atom is -0.481 e. The minimum atomic E-state index is 0.156. The Kier molecular flexibility index (Phi) is 3.11. The zero-order valence-electron chi connectivity index (χ0n) is 11.0. The molecule has 102 valence electrons. The number of fused-ring (bicyclic) bond motifs is 1. The molecule has 0 aliphatic rings. The first-order valence-corrected chi connectivity index (χ1v) is 6.78. The molecule has 20 heavy (non-hydrogen) atoms. The standard InChI is InChI=1S/C13H13N5OS/c1-7-3-4-8-9(5-7)20-13(15-8)17-10-6-11(19-2)18-12(14)16-10/h3-6H,1-2H3,(H3,14,15,16,17,18). The van der Waals surface area contributed by atoms with Gasteiger partial charge in [0, 0.05) is 6.07 Å². The van der Waals surface area contributed by atoms with Crippen LogP contribution >= 0.6 is 11.3 Å². The van der Waals surface area contributed by atoms with Gasteiger partial charge in [0.05, 0.1) is 17.3 Å². The number of nitrogens with one attached hydrogen (secondary N) is 1. The number of benzene rings is 1. The van der Waals surface area contributed by atoms with Crippen LogP contribution in [0.15, 0.2) is 24.3 Å². The third-order valence-electron chi connectivity index (χ3n) is 2.71. The molecule has 6 nitrogen and oxygen atoms in total. The molecule has 3 aromatic rings. The molecule has 3 N–H and O–H groups in total. The second-order valence-corrected chi connectivity index (χ2v) is 5.30. The van der Waals surface area contributed by atoms with Crippen LogP contribution in [0, 0.1) is 6.92 Å². The minimum absolute atomic E-state index is 0.156. The maximum atomic E-state index is 5.62. The van der Waals surface area contributed by atoms with Crippen LogP contribution in [0.25, 0.3) is 10.2 Å². The Hall–Kier alpha value is -2.41. The van der Waals surface area contributed by atoms with E-state index in [1.807, 2.05) is 12.1 Å². The molecule has 0 fully saturated rings. The van der Waals surface area contributed by atoms with E-state index in [0.29, 0.717) is 11.7 Å². The molecule has 0 spiro atoms. The van der Waals surface area contributed by atoms with E-state index in [0.717, 1.165) is 15.3 Å². The van der Waals surface area contributed by atoms with E-state index in [-0.39, 0.29) is 5.95 Å². The highest BCUT2D eigenvalue weighted by Crippen LogP contribution is 2.29. The van der Waals surface area contributed by atoms with E-state index in [1.54, 1.807) is 17.4 Å². The molecular formula is C13H13N5OS. The van der Waals surface area contributed by atoms with Gasteiger partial charge >= 0.3 is 0 Å². The number of thiazole rings is 1. The third-order valence-corrected chi connectivity index (χ3v) is 3.64. The van der Waals surface area contributed by atoms with Crippen molar-refractivity contribution in [3.8, 4) is 5.88 Å². The van der Waals surface area contributed by atoms with Gasteiger partial charge in [0.2, 0.25) is 11.8 Å². The highest BCUT2D eigenvalue weighted by Gasteiger charge is 2.07. The zero-order valence-corrected chi connectivity index (χ0v) is 11.9. The van der Waals surface area contributed by atoms with Gasteiger partial charge in [-0.3, -0.25) is 0 Å². The number of anilines is 3. The van der Waals surface area contributed by atoms with Crippen molar-refractivity contribution in [2.75, 3.05) is 18.2 Å². The van der Waals surface area contributed by atoms with Gasteiger partial charge in [-0.05, 0) is 24.6 Å². The van der Waals surface area contributed by atoms with Gasteiger partial charge in [-0.2, -0.15) is 9.97 Å². The smallest absolute Gasteiger partial charge is 0.225 e. The number of nitrogens with two attached hydrogens (primary N) is 1. The van der Waals surface area contributed by atoms with Crippen LogP contribution in [-0.4, -0.2) is 22.1 Å². The molecule has 0 radical (unpaired) electrons. The summed E-state index contributed by atoms with van der Waals surface area (Å²) >= 11 is 1.56. The van der Waals surface area contributed by atoms with E-state index in [2.05, 4.69) is 33.3 Å². The molecule has 0 unspecified atom stereocenters. The Morgan fingerprint density at radius 1 is 1.20 bits per heavy atom. The quantitative estimate of drug-likeness (QED) is 0.770. The van der Waals surface area contributed by atoms with Crippen LogP contribution in [0.1, 0.15) is 5.56 Å². The van der Waals surface area contributed by atoms with Gasteiger partial charge in [0.25, 0.3) is 0 Å². The van der Waals surface area contributed by atoms with Crippen LogP contribution in [0.5, 0.6) is 5.88 Å². The summed E-state index contributed by atoms with van der Waals surface area (Å²) in [5.74, 6) is 1.13. The second kappa shape index (κ2) is 4.93. The molecule has 0 amide bonds. The SMILES string of the molecule is COc1cc(Nc2nc3ccc(C)cc3s2)nc(N)n1. The number of rotatable bonds is 3. The number of aromatic nitrogens is 3. The second-order valence-electron chi connectivity index (χ2n) is 4.27. The summed E-state index contributed by atoms with van der Waals surface area (Å²) in [6, 6.07) is 7.82. The molecule has 0 saturated carbocycles. The summed E-state index contributed by atoms with van der Waals surface area (Å²) in [5, 5.41) is 3.88. The van der Waals surface area contributed by atoms with Gasteiger partial charge in [0.1, 0.15) is 5.82 Å². The van der Waals surface area contributed by atoms with Crippen LogP contribution in [-0.2, 0) is 0 Å². The van der Waals surface area contributed by atoms with Crippen LogP contribution in [0.4, 0.5) is 16.9 Å². The summed E-state index contributed by atoms with van der Waals surface area (Å²) in [7, 11) is 1.53. The monoisotopic (exact) mass is 287 g/mol. The Morgan fingerprint density at radius 2 is 2.05 bits per heavy atom. The molecule has 0 atom stereocenters. The van der Waals surface area contributed by atoms with Crippen LogP contribution in [0.3, 0.4) is 0 Å². The lowest BCUT2D eigenvalue weighted by atomic mass is 10.2. The topological polar surface area (TPSA) is 86.0 Å². The van der Waals surface area contributed by atoms with Gasteiger partial charge < -0.3 is 15.8 Å². The van der Waals surface area contributed by atoms with Crippen molar-refractivity contribution >= 4 is 38.5 Å². The maximum absolute atomic E-state index is 5.62. The lowest BCUT2D eigenvalue weighted by Crippen LogP contribution is -2.01. The van der Waals surface area contributed by atoms with E-state index in [1.165, 1.54) is 12.7 Å². The maximum Gasteiger partial charge on any atom is 0.225 e. The molecule has 0 bridgehead atoms. The summed E-state index contributed by atoms with van der Waals surface area (Å²) in [4.78, 5) is 12.5. The summed E-state index contributed by atoms with van der Waals surface area (Å²) in [6.45, 7) is 2.06. The number of aryl methyl sites for hydroxylation is 1. The Labute approximate surface area is 119 Å². The zero-order chi connectivity index (χ0) is 14.1. The molecule has 1 aromatic carbocycles. The number of hydrogen-bond donors (Lipinski definition) is 2. The van der Waals surface area contributed by atoms with E-state index < -0.39 is 0 Å². The van der Waals surface area contributed by atoms with Crippen molar-refractivity contribution in [2.45, 2.75) is 6.92 Å². The van der Waals surface area contributed by atoms with Crippen LogP contribution < -0.4 is 15.8 Å². The number of nitrogens with zero attached hydrogens (tertiary/aromatic N) is 3. The average molecular weight is 287 g/mol. The van der Waals surface area contributed by atoms with Crippen molar-refractivity contribution in [3.63, 3.8) is 0 Å². The first-order chi connectivity index (χ1) is 9.64. The fourth-order valence-electron chi connectivity index (χ4n) is 1.81. The summed E-state index contributed by atoms with van der Waals surface area (Å²) in [5.41, 5.74) is 7.79. The lowest BCUT2D eigenvalue weighted by molar-refractivity contribution is 0.398. The predicted molar refractivity (Wildman–Crippen MR) is 80.6 cm³/mol. The van der Waals surface area contributed by atoms with E-state index in [4.69, 9.17) is 10.5 Å². The molecule has 2 heterocycles. The number of hydrogen-bond acceptors (Lipinski definition) is 7. The summed E-state index contributed by atoms with van der Waals surface area (Å²) < 4.78 is 6.19. The van der Waals surface area contributed by atoms with Gasteiger partial charge in [-0.15, -0.1) is 0 Å². The fourth-order valence-corrected chi connectivity index (χ4v) is 2.78. The van der Waals surface area contributed by atoms with Gasteiger partial charge in [-0.25, -0.2) is 4.98 Å². The van der Waals surface area contributed by atoms with Crippen molar-refractivity contribution < 1.29 is 4.74 Å². The van der Waals surface area contributed by atoms with Gasteiger partial charge in [-0.1, -0.05) is 17.4 Å². The number of nitrogen functional groups attached to an aromatic ring is 1. The molecule has 7 heteroatoms. The highest BCUT2D eigenvalue weighted by molar-refractivity contribution is 7.22. The van der Waals surface area contributed by atoms with E-state index in [9.17, 15) is 0 Å².